The molecule has 4 rings (SSSR count). The number of carbonyl (C=O) groups is 2. The Morgan fingerprint density at radius 1 is 1.22 bits per heavy atom. The number of nitrogens with one attached hydrogen (secondary N) is 2. The lowest BCUT2D eigenvalue weighted by Gasteiger charge is -2.30. The predicted molar refractivity (Wildman–Crippen MR) is 142 cm³/mol. The Hall–Kier alpha value is -4.28. The SMILES string of the molecule is CCCN(C(=O)NC)[C@H](CC)CCc1nc2c(-c3ccc(-c4ncc[nH]4)nc3)cnn2c(N)c1C(C)=O. The first-order valence-corrected chi connectivity index (χ1v) is 12.5. The summed E-state index contributed by atoms with van der Waals surface area (Å²) in [4.78, 5) is 43.6. The van der Waals surface area contributed by atoms with E-state index in [0.717, 1.165) is 29.7 Å². The number of carbonyl (C=O) groups excluding carboxylic acids is 2. The molecule has 0 saturated heterocycles. The lowest BCUT2D eigenvalue weighted by molar-refractivity contribution is 0.101. The van der Waals surface area contributed by atoms with Crippen LogP contribution >= 0.6 is 0 Å². The highest BCUT2D eigenvalue weighted by molar-refractivity contribution is 6.00. The van der Waals surface area contributed by atoms with Gasteiger partial charge in [-0.15, -0.1) is 0 Å². The van der Waals surface area contributed by atoms with E-state index in [2.05, 4.69) is 32.3 Å². The summed E-state index contributed by atoms with van der Waals surface area (Å²) < 4.78 is 1.50. The molecule has 4 heterocycles. The van der Waals surface area contributed by atoms with Crippen LogP contribution in [0.1, 0.15) is 56.1 Å². The van der Waals surface area contributed by atoms with E-state index in [1.165, 1.54) is 11.4 Å². The van der Waals surface area contributed by atoms with Crippen molar-refractivity contribution in [2.75, 3.05) is 19.3 Å². The summed E-state index contributed by atoms with van der Waals surface area (Å²) in [6, 6.07) is 3.70. The van der Waals surface area contributed by atoms with Crippen LogP contribution in [0.5, 0.6) is 0 Å². The zero-order chi connectivity index (χ0) is 26.5. The van der Waals surface area contributed by atoms with Gasteiger partial charge in [0.15, 0.2) is 17.3 Å². The molecular formula is C26H33N9O2. The van der Waals surface area contributed by atoms with Crippen LogP contribution < -0.4 is 11.1 Å². The molecule has 37 heavy (non-hydrogen) atoms. The largest absolute Gasteiger partial charge is 0.383 e. The second-order valence-corrected chi connectivity index (χ2v) is 8.89. The van der Waals surface area contributed by atoms with Crippen molar-refractivity contribution in [3.05, 3.63) is 48.2 Å². The Balaban J connectivity index is 1.70. The number of hydrogen-bond donors (Lipinski definition) is 3. The van der Waals surface area contributed by atoms with Gasteiger partial charge in [-0.2, -0.15) is 9.61 Å². The number of ketones is 1. The molecule has 0 saturated carbocycles. The van der Waals surface area contributed by atoms with E-state index in [0.29, 0.717) is 42.1 Å². The molecule has 1 atom stereocenters. The maximum absolute atomic E-state index is 12.6. The van der Waals surface area contributed by atoms with Crippen LogP contribution in [0, 0.1) is 0 Å². The number of nitrogens with zero attached hydrogens (tertiary/aromatic N) is 6. The van der Waals surface area contributed by atoms with Crippen LogP contribution in [0.2, 0.25) is 0 Å². The van der Waals surface area contributed by atoms with Gasteiger partial charge in [0, 0.05) is 49.4 Å². The minimum absolute atomic E-state index is 0.00156. The zero-order valence-corrected chi connectivity index (χ0v) is 21.7. The number of fused-ring (bicyclic) bond motifs is 1. The third-order valence-corrected chi connectivity index (χ3v) is 6.49. The first-order chi connectivity index (χ1) is 17.9. The molecule has 4 aromatic rings. The second kappa shape index (κ2) is 11.2. The molecule has 4 N–H and O–H groups in total. The summed E-state index contributed by atoms with van der Waals surface area (Å²) in [5.41, 5.74) is 10.3. The number of anilines is 1. The first kappa shape index (κ1) is 25.8. The van der Waals surface area contributed by atoms with Crippen molar-refractivity contribution in [2.45, 2.75) is 52.5 Å². The molecule has 4 aromatic heterocycles. The van der Waals surface area contributed by atoms with Gasteiger partial charge < -0.3 is 20.9 Å². The minimum atomic E-state index is -0.173. The molecular weight excluding hydrogens is 470 g/mol. The molecule has 0 fully saturated rings. The Morgan fingerprint density at radius 2 is 2.03 bits per heavy atom. The van der Waals surface area contributed by atoms with E-state index in [4.69, 9.17) is 10.7 Å². The lowest BCUT2D eigenvalue weighted by Crippen LogP contribution is -2.45. The molecule has 0 aliphatic heterocycles. The summed E-state index contributed by atoms with van der Waals surface area (Å²) in [5.74, 6) is 0.762. The number of nitrogens with two attached hydrogens (primary N) is 1. The number of aromatic amines is 1. The first-order valence-electron chi connectivity index (χ1n) is 12.5. The van der Waals surface area contributed by atoms with E-state index in [1.54, 1.807) is 31.8 Å². The number of urea groups is 1. The molecule has 11 nitrogen and oxygen atoms in total. The highest BCUT2D eigenvalue weighted by Crippen LogP contribution is 2.29. The molecule has 0 radical (unpaired) electrons. The molecule has 0 aromatic carbocycles. The highest BCUT2D eigenvalue weighted by atomic mass is 16.2. The van der Waals surface area contributed by atoms with Gasteiger partial charge in [-0.3, -0.25) is 9.78 Å². The van der Waals surface area contributed by atoms with Crippen molar-refractivity contribution < 1.29 is 9.59 Å². The smallest absolute Gasteiger partial charge is 0.317 e. The lowest BCUT2D eigenvalue weighted by atomic mass is 10.0. The highest BCUT2D eigenvalue weighted by Gasteiger charge is 2.24. The number of imidazole rings is 1. The molecule has 0 unspecified atom stereocenters. The molecule has 11 heteroatoms. The molecule has 2 amide bonds. The molecule has 0 bridgehead atoms. The summed E-state index contributed by atoms with van der Waals surface area (Å²) in [6.07, 6.45) is 9.62. The normalized spacial score (nSPS) is 12.0. The fourth-order valence-corrected chi connectivity index (χ4v) is 4.65. The van der Waals surface area contributed by atoms with Gasteiger partial charge in [0.05, 0.1) is 17.5 Å². The van der Waals surface area contributed by atoms with Crippen LogP contribution in [0.4, 0.5) is 10.6 Å². The number of Topliss-reactive ketones (excluding diaryl/α,β-unsaturated/α-hetero) is 1. The molecule has 0 aliphatic rings. The summed E-state index contributed by atoms with van der Waals surface area (Å²) in [7, 11) is 1.64. The van der Waals surface area contributed by atoms with Crippen LogP contribution in [0.25, 0.3) is 28.3 Å². The van der Waals surface area contributed by atoms with Gasteiger partial charge in [-0.05, 0) is 38.7 Å². The number of aryl methyl sites for hydroxylation is 1. The Bertz CT molecular complexity index is 1380. The molecule has 194 valence electrons. The van der Waals surface area contributed by atoms with Crippen LogP contribution in [0.3, 0.4) is 0 Å². The van der Waals surface area contributed by atoms with E-state index < -0.39 is 0 Å². The fourth-order valence-electron chi connectivity index (χ4n) is 4.65. The summed E-state index contributed by atoms with van der Waals surface area (Å²) >= 11 is 0. The average molecular weight is 504 g/mol. The van der Waals surface area contributed by atoms with Crippen LogP contribution in [-0.2, 0) is 6.42 Å². The molecule has 0 spiro atoms. The topological polar surface area (TPSA) is 147 Å². The van der Waals surface area contributed by atoms with Gasteiger partial charge in [0.1, 0.15) is 11.5 Å². The number of nitrogen functional groups attached to an aromatic ring is 1. The average Bonchev–Trinajstić information content (AvgIpc) is 3.58. The predicted octanol–water partition coefficient (Wildman–Crippen LogP) is 3.73. The van der Waals surface area contributed by atoms with Crippen molar-refractivity contribution in [1.29, 1.82) is 0 Å². The van der Waals surface area contributed by atoms with Gasteiger partial charge in [-0.25, -0.2) is 14.8 Å². The fraction of sp³-hybridized carbons (Fsp3) is 0.385. The molecule has 0 aliphatic carbocycles. The Labute approximate surface area is 215 Å². The van der Waals surface area contributed by atoms with Gasteiger partial charge in [-0.1, -0.05) is 19.9 Å². The van der Waals surface area contributed by atoms with Crippen molar-refractivity contribution in [1.82, 2.24) is 39.8 Å². The maximum Gasteiger partial charge on any atom is 0.317 e. The van der Waals surface area contributed by atoms with E-state index >= 15 is 0 Å². The van der Waals surface area contributed by atoms with E-state index in [-0.39, 0.29) is 23.7 Å². The van der Waals surface area contributed by atoms with Gasteiger partial charge >= 0.3 is 6.03 Å². The van der Waals surface area contributed by atoms with Crippen molar-refractivity contribution in [3.8, 4) is 22.6 Å². The third kappa shape index (κ3) is 5.16. The second-order valence-electron chi connectivity index (χ2n) is 8.89. The standard InChI is InChI=1S/C26H33N9O2/c1-5-13-34(26(37)28-4)18(6-2)8-10-20-22(16(3)36)23(27)35-25(33-20)19(15-32-35)17-7-9-21(31-14-17)24-29-11-12-30-24/h7,9,11-12,14-15,18H,5-6,8,10,13,27H2,1-4H3,(H,28,37)(H,29,30)/t18-/m1/s1. The van der Waals surface area contributed by atoms with Crippen molar-refractivity contribution in [3.63, 3.8) is 0 Å². The summed E-state index contributed by atoms with van der Waals surface area (Å²) in [6.45, 7) is 6.24. The van der Waals surface area contributed by atoms with Gasteiger partial charge in [0.25, 0.3) is 0 Å². The number of aromatic nitrogens is 6. The monoisotopic (exact) mass is 503 g/mol. The van der Waals surface area contributed by atoms with E-state index in [9.17, 15) is 9.59 Å². The number of rotatable bonds is 10. The van der Waals surface area contributed by atoms with Crippen molar-refractivity contribution >= 4 is 23.3 Å². The van der Waals surface area contributed by atoms with E-state index in [1.807, 2.05) is 24.0 Å². The number of hydrogen-bond acceptors (Lipinski definition) is 7. The van der Waals surface area contributed by atoms with Crippen LogP contribution in [-0.4, -0.2) is 65.9 Å². The maximum atomic E-state index is 12.6. The van der Waals surface area contributed by atoms with Gasteiger partial charge in [0.2, 0.25) is 0 Å². The van der Waals surface area contributed by atoms with Crippen LogP contribution in [0.15, 0.2) is 36.9 Å². The Kier molecular flexibility index (Phi) is 7.80. The third-order valence-electron chi connectivity index (χ3n) is 6.49. The summed E-state index contributed by atoms with van der Waals surface area (Å²) in [5, 5.41) is 7.15. The van der Waals surface area contributed by atoms with Crippen molar-refractivity contribution in [2.24, 2.45) is 0 Å². The zero-order valence-electron chi connectivity index (χ0n) is 21.7. The number of amides is 2. The quantitative estimate of drug-likeness (QED) is 0.279. The minimum Gasteiger partial charge on any atom is -0.383 e. The number of H-pyrrole nitrogens is 1. The Morgan fingerprint density at radius 3 is 2.62 bits per heavy atom. The number of pyridine rings is 1.